The van der Waals surface area contributed by atoms with Crippen molar-refractivity contribution in [3.63, 3.8) is 0 Å². The molecule has 0 aliphatic heterocycles. The fourth-order valence-corrected chi connectivity index (χ4v) is 4.70. The molecule has 1 amide bonds. The van der Waals surface area contributed by atoms with Crippen molar-refractivity contribution in [2.24, 2.45) is 0 Å². The molecule has 0 spiro atoms. The van der Waals surface area contributed by atoms with E-state index < -0.39 is 5.97 Å². The molecule has 1 N–H and O–H groups in total. The Morgan fingerprint density at radius 3 is 2.47 bits per heavy atom. The van der Waals surface area contributed by atoms with Gasteiger partial charge in [0, 0.05) is 17.1 Å². The Morgan fingerprint density at radius 1 is 0.974 bits per heavy atom. The molecule has 1 aromatic heterocycles. The minimum Gasteiger partial charge on any atom is -0.462 e. The number of nitrogens with zero attached hydrogens (tertiary/aromatic N) is 3. The van der Waals surface area contributed by atoms with Gasteiger partial charge in [0.15, 0.2) is 5.16 Å². The molecule has 4 rings (SSSR count). The summed E-state index contributed by atoms with van der Waals surface area (Å²) < 4.78 is 7.18. The summed E-state index contributed by atoms with van der Waals surface area (Å²) in [6.45, 7) is 2.74. The molecular formula is C28H26Cl2N4O3S. The van der Waals surface area contributed by atoms with Crippen LogP contribution in [-0.2, 0) is 22.5 Å². The van der Waals surface area contributed by atoms with E-state index >= 15 is 0 Å². The van der Waals surface area contributed by atoms with E-state index in [1.165, 1.54) is 17.8 Å². The van der Waals surface area contributed by atoms with Gasteiger partial charge in [-0.25, -0.2) is 4.79 Å². The van der Waals surface area contributed by atoms with E-state index in [9.17, 15) is 9.59 Å². The van der Waals surface area contributed by atoms with Gasteiger partial charge >= 0.3 is 5.97 Å². The lowest BCUT2D eigenvalue weighted by Gasteiger charge is -2.11. The molecular weight excluding hydrogens is 543 g/mol. The van der Waals surface area contributed by atoms with Crippen LogP contribution in [0.4, 0.5) is 5.69 Å². The number of halogens is 2. The molecule has 4 aromatic rings. The summed E-state index contributed by atoms with van der Waals surface area (Å²) in [6, 6.07) is 22.4. The topological polar surface area (TPSA) is 86.1 Å². The molecule has 10 heteroatoms. The fourth-order valence-electron chi connectivity index (χ4n) is 3.63. The zero-order valence-corrected chi connectivity index (χ0v) is 23.0. The van der Waals surface area contributed by atoms with Crippen LogP contribution in [0.25, 0.3) is 0 Å². The molecule has 0 atom stereocenters. The lowest BCUT2D eigenvalue weighted by Crippen LogP contribution is -2.16. The summed E-state index contributed by atoms with van der Waals surface area (Å²) in [5.74, 6) is 0.115. The molecule has 0 aliphatic carbocycles. The molecule has 0 saturated carbocycles. The van der Waals surface area contributed by atoms with Crippen LogP contribution in [0.5, 0.6) is 0 Å². The molecule has 1 heterocycles. The first-order valence-corrected chi connectivity index (χ1v) is 13.8. The Labute approximate surface area is 235 Å². The quantitative estimate of drug-likeness (QED) is 0.164. The standard InChI is InChI=1S/C28H26Cl2N4O3S/c1-2-14-37-27(36)23-16-22(12-13-24(23)30)31-26(35)18-38-28-33-32-25(15-19-6-4-3-5-7-19)34(28)17-20-8-10-21(29)11-9-20/h3-13,16H,2,14-15,17-18H2,1H3,(H,31,35). The van der Waals surface area contributed by atoms with Gasteiger partial charge in [-0.1, -0.05) is 84.4 Å². The number of nitrogens with one attached hydrogen (secondary N) is 1. The number of ether oxygens (including phenoxy) is 1. The maximum atomic E-state index is 12.8. The number of hydrogen-bond donors (Lipinski definition) is 1. The number of anilines is 1. The second-order valence-electron chi connectivity index (χ2n) is 8.44. The van der Waals surface area contributed by atoms with Crippen molar-refractivity contribution >= 4 is 52.5 Å². The number of carbonyl (C=O) groups is 2. The van der Waals surface area contributed by atoms with Crippen LogP contribution >= 0.6 is 35.0 Å². The highest BCUT2D eigenvalue weighted by atomic mass is 35.5. The first kappa shape index (κ1) is 27.7. The van der Waals surface area contributed by atoms with Crippen LogP contribution in [0.1, 0.15) is 40.7 Å². The third-order valence-corrected chi connectivity index (χ3v) is 7.04. The number of thioether (sulfide) groups is 1. The van der Waals surface area contributed by atoms with Gasteiger partial charge in [-0.2, -0.15) is 0 Å². The van der Waals surface area contributed by atoms with E-state index in [4.69, 9.17) is 27.9 Å². The monoisotopic (exact) mass is 568 g/mol. The van der Waals surface area contributed by atoms with Gasteiger partial charge in [0.25, 0.3) is 0 Å². The Morgan fingerprint density at radius 2 is 1.74 bits per heavy atom. The summed E-state index contributed by atoms with van der Waals surface area (Å²) in [5, 5.41) is 13.2. The molecule has 0 fully saturated rings. The second kappa shape index (κ2) is 13.5. The Hall–Kier alpha value is -3.33. The normalized spacial score (nSPS) is 10.8. The zero-order chi connectivity index (χ0) is 26.9. The highest BCUT2D eigenvalue weighted by molar-refractivity contribution is 7.99. The summed E-state index contributed by atoms with van der Waals surface area (Å²) in [4.78, 5) is 25.0. The van der Waals surface area contributed by atoms with Gasteiger partial charge in [0.05, 0.1) is 29.5 Å². The van der Waals surface area contributed by atoms with Gasteiger partial charge in [-0.3, -0.25) is 4.79 Å². The predicted molar refractivity (Wildman–Crippen MR) is 151 cm³/mol. The fraction of sp³-hybridized carbons (Fsp3) is 0.214. The highest BCUT2D eigenvalue weighted by Crippen LogP contribution is 2.24. The summed E-state index contributed by atoms with van der Waals surface area (Å²) >= 11 is 13.5. The Kier molecular flexibility index (Phi) is 9.81. The maximum Gasteiger partial charge on any atom is 0.339 e. The van der Waals surface area contributed by atoms with Crippen LogP contribution in [0, 0.1) is 0 Å². The molecule has 0 unspecified atom stereocenters. The van der Waals surface area contributed by atoms with Gasteiger partial charge in [0.1, 0.15) is 5.82 Å². The minimum atomic E-state index is -0.524. The lowest BCUT2D eigenvalue weighted by atomic mass is 10.1. The van der Waals surface area contributed by atoms with Crippen LogP contribution in [0.15, 0.2) is 78.0 Å². The average molecular weight is 570 g/mol. The molecule has 0 radical (unpaired) electrons. The van der Waals surface area contributed by atoms with Crippen LogP contribution in [-0.4, -0.2) is 39.0 Å². The van der Waals surface area contributed by atoms with Crippen molar-refractivity contribution in [2.75, 3.05) is 17.7 Å². The predicted octanol–water partition coefficient (Wildman–Crippen LogP) is 6.52. The first-order valence-electron chi connectivity index (χ1n) is 12.0. The lowest BCUT2D eigenvalue weighted by molar-refractivity contribution is -0.113. The van der Waals surface area contributed by atoms with Gasteiger partial charge in [-0.05, 0) is 47.9 Å². The van der Waals surface area contributed by atoms with E-state index in [-0.39, 0.29) is 22.2 Å². The van der Waals surface area contributed by atoms with Crippen LogP contribution in [0.3, 0.4) is 0 Å². The third kappa shape index (κ3) is 7.60. The van der Waals surface area contributed by atoms with Crippen molar-refractivity contribution in [1.82, 2.24) is 14.8 Å². The van der Waals surface area contributed by atoms with Crippen molar-refractivity contribution < 1.29 is 14.3 Å². The molecule has 0 saturated heterocycles. The Bertz CT molecular complexity index is 1400. The van der Waals surface area contributed by atoms with E-state index in [1.807, 2.05) is 66.1 Å². The number of amides is 1. The van der Waals surface area contributed by atoms with Crippen molar-refractivity contribution in [1.29, 1.82) is 0 Å². The van der Waals surface area contributed by atoms with Crippen molar-refractivity contribution in [2.45, 2.75) is 31.5 Å². The molecule has 38 heavy (non-hydrogen) atoms. The molecule has 7 nitrogen and oxygen atoms in total. The molecule has 3 aromatic carbocycles. The third-order valence-electron chi connectivity index (χ3n) is 5.49. The number of rotatable bonds is 11. The summed E-state index contributed by atoms with van der Waals surface area (Å²) in [6.07, 6.45) is 1.31. The number of carbonyl (C=O) groups excluding carboxylic acids is 2. The summed E-state index contributed by atoms with van der Waals surface area (Å²) in [7, 11) is 0. The smallest absolute Gasteiger partial charge is 0.339 e. The Balaban J connectivity index is 1.47. The second-order valence-corrected chi connectivity index (χ2v) is 10.2. The van der Waals surface area contributed by atoms with Gasteiger partial charge in [0.2, 0.25) is 5.91 Å². The molecule has 0 aliphatic rings. The van der Waals surface area contributed by atoms with Crippen LogP contribution in [0.2, 0.25) is 10.0 Å². The number of benzene rings is 3. The van der Waals surface area contributed by atoms with Crippen molar-refractivity contribution in [3.8, 4) is 0 Å². The average Bonchev–Trinajstić information content (AvgIpc) is 3.29. The van der Waals surface area contributed by atoms with Gasteiger partial charge < -0.3 is 14.6 Å². The molecule has 0 bridgehead atoms. The van der Waals surface area contributed by atoms with Crippen LogP contribution < -0.4 is 5.32 Å². The van der Waals surface area contributed by atoms with E-state index in [2.05, 4.69) is 15.5 Å². The number of esters is 1. The SMILES string of the molecule is CCCOC(=O)c1cc(NC(=O)CSc2nnc(Cc3ccccc3)n2Cc2ccc(Cl)cc2)ccc1Cl. The van der Waals surface area contributed by atoms with Gasteiger partial charge in [-0.15, -0.1) is 10.2 Å². The number of aromatic nitrogens is 3. The van der Waals surface area contributed by atoms with E-state index in [1.54, 1.807) is 12.1 Å². The maximum absolute atomic E-state index is 12.8. The van der Waals surface area contributed by atoms with E-state index in [0.29, 0.717) is 41.9 Å². The number of hydrogen-bond acceptors (Lipinski definition) is 6. The first-order chi connectivity index (χ1) is 18.4. The largest absolute Gasteiger partial charge is 0.462 e. The van der Waals surface area contributed by atoms with E-state index in [0.717, 1.165) is 17.0 Å². The summed E-state index contributed by atoms with van der Waals surface area (Å²) in [5.41, 5.74) is 2.82. The van der Waals surface area contributed by atoms with Crippen molar-refractivity contribution in [3.05, 3.63) is 105 Å². The zero-order valence-electron chi connectivity index (χ0n) is 20.7. The highest BCUT2D eigenvalue weighted by Gasteiger charge is 2.17. The molecule has 196 valence electrons. The minimum absolute atomic E-state index is 0.0995.